The van der Waals surface area contributed by atoms with Crippen LogP contribution in [-0.4, -0.2) is 24.1 Å². The van der Waals surface area contributed by atoms with Crippen molar-refractivity contribution in [2.24, 2.45) is 5.92 Å². The van der Waals surface area contributed by atoms with Crippen molar-refractivity contribution < 1.29 is 4.74 Å². The Bertz CT molecular complexity index is 373. The topological polar surface area (TPSA) is 47.0 Å². The van der Waals surface area contributed by atoms with Crippen LogP contribution in [0.25, 0.3) is 0 Å². The largest absolute Gasteiger partial charge is 0.373 e. The number of ether oxygens (including phenoxy) is 1. The summed E-state index contributed by atoms with van der Waals surface area (Å²) in [6, 6.07) is 1.87. The van der Waals surface area contributed by atoms with Crippen LogP contribution in [0.4, 0.5) is 5.82 Å². The second-order valence-electron chi connectivity index (χ2n) is 4.90. The van der Waals surface area contributed by atoms with Crippen molar-refractivity contribution in [1.29, 1.82) is 0 Å². The van der Waals surface area contributed by atoms with Gasteiger partial charge in [-0.15, -0.1) is 0 Å². The molecule has 2 rings (SSSR count). The SMILES string of the molecule is CNc1ccnc(C2(OC)CCC(C)CC2)n1. The molecule has 0 bridgehead atoms. The number of rotatable bonds is 3. The summed E-state index contributed by atoms with van der Waals surface area (Å²) in [5, 5.41) is 3.05. The van der Waals surface area contributed by atoms with E-state index in [9.17, 15) is 0 Å². The summed E-state index contributed by atoms with van der Waals surface area (Å²) in [5.41, 5.74) is -0.278. The number of methoxy groups -OCH3 is 1. The molecule has 0 aromatic carbocycles. The molecular formula is C13H21N3O. The van der Waals surface area contributed by atoms with Crippen LogP contribution in [0, 0.1) is 5.92 Å². The molecule has 0 aliphatic heterocycles. The predicted octanol–water partition coefficient (Wildman–Crippen LogP) is 2.57. The molecule has 1 N–H and O–H groups in total. The fraction of sp³-hybridized carbons (Fsp3) is 0.692. The second kappa shape index (κ2) is 5.00. The van der Waals surface area contributed by atoms with E-state index in [0.29, 0.717) is 0 Å². The van der Waals surface area contributed by atoms with Crippen LogP contribution < -0.4 is 5.32 Å². The van der Waals surface area contributed by atoms with E-state index in [2.05, 4.69) is 22.2 Å². The number of nitrogens with zero attached hydrogens (tertiary/aromatic N) is 2. The van der Waals surface area contributed by atoms with E-state index in [1.165, 1.54) is 12.8 Å². The minimum atomic E-state index is -0.278. The van der Waals surface area contributed by atoms with Gasteiger partial charge in [0.05, 0.1) is 0 Å². The molecule has 0 spiro atoms. The molecule has 4 heteroatoms. The fourth-order valence-electron chi connectivity index (χ4n) is 2.46. The second-order valence-corrected chi connectivity index (χ2v) is 4.90. The maximum Gasteiger partial charge on any atom is 0.162 e. The van der Waals surface area contributed by atoms with Crippen molar-refractivity contribution in [1.82, 2.24) is 9.97 Å². The van der Waals surface area contributed by atoms with Crippen molar-refractivity contribution in [2.45, 2.75) is 38.2 Å². The van der Waals surface area contributed by atoms with Crippen molar-refractivity contribution in [3.05, 3.63) is 18.1 Å². The molecular weight excluding hydrogens is 214 g/mol. The highest BCUT2D eigenvalue weighted by atomic mass is 16.5. The zero-order valence-corrected chi connectivity index (χ0v) is 10.9. The normalized spacial score (nSPS) is 29.0. The van der Waals surface area contributed by atoms with E-state index in [4.69, 9.17) is 4.74 Å². The number of nitrogens with one attached hydrogen (secondary N) is 1. The Balaban J connectivity index is 2.27. The minimum Gasteiger partial charge on any atom is -0.373 e. The van der Waals surface area contributed by atoms with E-state index in [0.717, 1.165) is 30.4 Å². The molecule has 1 aliphatic carbocycles. The van der Waals surface area contributed by atoms with E-state index in [1.807, 2.05) is 13.1 Å². The lowest BCUT2D eigenvalue weighted by Gasteiger charge is -2.36. The molecule has 0 amide bonds. The Morgan fingerprint density at radius 3 is 2.71 bits per heavy atom. The molecule has 94 valence electrons. The van der Waals surface area contributed by atoms with Gasteiger partial charge in [0.1, 0.15) is 11.4 Å². The molecule has 0 radical (unpaired) electrons. The van der Waals surface area contributed by atoms with Crippen LogP contribution in [0.2, 0.25) is 0 Å². The first-order valence-corrected chi connectivity index (χ1v) is 6.26. The average molecular weight is 235 g/mol. The Morgan fingerprint density at radius 1 is 1.41 bits per heavy atom. The highest BCUT2D eigenvalue weighted by molar-refractivity contribution is 5.32. The van der Waals surface area contributed by atoms with Gasteiger partial charge in [-0.25, -0.2) is 9.97 Å². The van der Waals surface area contributed by atoms with Crippen LogP contribution in [0.1, 0.15) is 38.4 Å². The minimum absolute atomic E-state index is 0.278. The molecule has 17 heavy (non-hydrogen) atoms. The lowest BCUT2D eigenvalue weighted by Crippen LogP contribution is -2.35. The molecule has 0 saturated heterocycles. The van der Waals surface area contributed by atoms with Gasteiger partial charge in [-0.05, 0) is 37.7 Å². The number of hydrogen-bond acceptors (Lipinski definition) is 4. The van der Waals surface area contributed by atoms with Gasteiger partial charge in [0.15, 0.2) is 5.82 Å². The Labute approximate surface area is 103 Å². The summed E-state index contributed by atoms with van der Waals surface area (Å²) in [5.74, 6) is 2.45. The van der Waals surface area contributed by atoms with E-state index in [-0.39, 0.29) is 5.60 Å². The average Bonchev–Trinajstić information content (AvgIpc) is 2.40. The van der Waals surface area contributed by atoms with Gasteiger partial charge in [-0.2, -0.15) is 0 Å². The van der Waals surface area contributed by atoms with Crippen molar-refractivity contribution >= 4 is 5.82 Å². The van der Waals surface area contributed by atoms with Crippen LogP contribution in [0.3, 0.4) is 0 Å². The summed E-state index contributed by atoms with van der Waals surface area (Å²) < 4.78 is 5.76. The molecule has 1 heterocycles. The third-order valence-corrected chi connectivity index (χ3v) is 3.79. The molecule has 4 nitrogen and oxygen atoms in total. The molecule has 0 atom stereocenters. The smallest absolute Gasteiger partial charge is 0.162 e. The van der Waals surface area contributed by atoms with Gasteiger partial charge in [-0.3, -0.25) is 0 Å². The Hall–Kier alpha value is -1.16. The first-order chi connectivity index (χ1) is 8.20. The predicted molar refractivity (Wildman–Crippen MR) is 67.9 cm³/mol. The lowest BCUT2D eigenvalue weighted by molar-refractivity contribution is -0.0596. The van der Waals surface area contributed by atoms with Gasteiger partial charge in [-0.1, -0.05) is 6.92 Å². The van der Waals surface area contributed by atoms with Crippen molar-refractivity contribution in [3.8, 4) is 0 Å². The number of aromatic nitrogens is 2. The first-order valence-electron chi connectivity index (χ1n) is 6.26. The summed E-state index contributed by atoms with van der Waals surface area (Å²) in [4.78, 5) is 8.94. The van der Waals surface area contributed by atoms with Crippen LogP contribution in [0.15, 0.2) is 12.3 Å². The van der Waals surface area contributed by atoms with Crippen LogP contribution >= 0.6 is 0 Å². The molecule has 1 aromatic rings. The standard InChI is InChI=1S/C13H21N3O/c1-10-4-7-13(17-3,8-5-10)12-15-9-6-11(14-2)16-12/h6,9-10H,4-5,7-8H2,1-3H3,(H,14,15,16). The highest BCUT2D eigenvalue weighted by Crippen LogP contribution is 2.40. The maximum absolute atomic E-state index is 5.76. The molecule has 1 fully saturated rings. The van der Waals surface area contributed by atoms with Gasteiger partial charge in [0.2, 0.25) is 0 Å². The van der Waals surface area contributed by atoms with Crippen molar-refractivity contribution in [3.63, 3.8) is 0 Å². The van der Waals surface area contributed by atoms with Crippen molar-refractivity contribution in [2.75, 3.05) is 19.5 Å². The quantitative estimate of drug-likeness (QED) is 0.874. The molecule has 1 saturated carbocycles. The molecule has 0 unspecified atom stereocenters. The van der Waals surface area contributed by atoms with Gasteiger partial charge < -0.3 is 10.1 Å². The highest BCUT2D eigenvalue weighted by Gasteiger charge is 2.38. The third kappa shape index (κ3) is 2.41. The molecule has 1 aromatic heterocycles. The van der Waals surface area contributed by atoms with Gasteiger partial charge >= 0.3 is 0 Å². The molecule has 1 aliphatic rings. The first kappa shape index (κ1) is 12.3. The third-order valence-electron chi connectivity index (χ3n) is 3.79. The number of anilines is 1. The van der Waals surface area contributed by atoms with Gasteiger partial charge in [0.25, 0.3) is 0 Å². The zero-order valence-electron chi connectivity index (χ0n) is 10.9. The summed E-state index contributed by atoms with van der Waals surface area (Å²) in [6.45, 7) is 2.30. The number of hydrogen-bond donors (Lipinski definition) is 1. The Kier molecular flexibility index (Phi) is 3.62. The van der Waals surface area contributed by atoms with E-state index in [1.54, 1.807) is 13.3 Å². The summed E-state index contributed by atoms with van der Waals surface area (Å²) >= 11 is 0. The summed E-state index contributed by atoms with van der Waals surface area (Å²) in [6.07, 6.45) is 6.19. The van der Waals surface area contributed by atoms with Crippen LogP contribution in [0.5, 0.6) is 0 Å². The van der Waals surface area contributed by atoms with Crippen LogP contribution in [-0.2, 0) is 10.3 Å². The maximum atomic E-state index is 5.76. The fourth-order valence-corrected chi connectivity index (χ4v) is 2.46. The lowest BCUT2D eigenvalue weighted by atomic mass is 9.79. The summed E-state index contributed by atoms with van der Waals surface area (Å²) in [7, 11) is 3.64. The monoisotopic (exact) mass is 235 g/mol. The zero-order chi connectivity index (χ0) is 12.3. The van der Waals surface area contributed by atoms with E-state index < -0.39 is 0 Å². The van der Waals surface area contributed by atoms with E-state index >= 15 is 0 Å². The van der Waals surface area contributed by atoms with Gasteiger partial charge in [0, 0.05) is 20.4 Å². The Morgan fingerprint density at radius 2 is 2.12 bits per heavy atom.